The molecule has 2 N–H and O–H groups in total. The molecule has 3 nitrogen and oxygen atoms in total. The predicted octanol–water partition coefficient (Wildman–Crippen LogP) is 1.92. The summed E-state index contributed by atoms with van der Waals surface area (Å²) in [6.45, 7) is 4.74. The van der Waals surface area contributed by atoms with Crippen molar-refractivity contribution in [1.29, 1.82) is 0 Å². The van der Waals surface area contributed by atoms with E-state index in [4.69, 9.17) is 5.73 Å². The number of nitrogens with two attached hydrogens (primary N) is 1. The Hall–Kier alpha value is -0.610. The second-order valence-electron chi connectivity index (χ2n) is 4.93. The molecule has 0 saturated carbocycles. The van der Waals surface area contributed by atoms with Crippen molar-refractivity contribution in [2.24, 2.45) is 5.92 Å². The highest BCUT2D eigenvalue weighted by Crippen LogP contribution is 2.37. The van der Waals surface area contributed by atoms with Gasteiger partial charge in [0.1, 0.15) is 0 Å². The van der Waals surface area contributed by atoms with Gasteiger partial charge in [-0.05, 0) is 44.7 Å². The molecular weight excluding hydrogens is 218 g/mol. The highest BCUT2D eigenvalue weighted by molar-refractivity contribution is 7.15. The molecule has 1 saturated heterocycles. The summed E-state index contributed by atoms with van der Waals surface area (Å²) in [5, 5.41) is 0.756. The molecule has 1 aromatic rings. The molecule has 1 aromatic heterocycles. The SMILES string of the molecule is CCN1CCC[C@@H]2Cc3nc(N)sc3C[C@H]21. The first kappa shape index (κ1) is 10.5. The van der Waals surface area contributed by atoms with Crippen LogP contribution < -0.4 is 5.73 Å². The summed E-state index contributed by atoms with van der Waals surface area (Å²) in [5.74, 6) is 0.822. The van der Waals surface area contributed by atoms with Crippen LogP contribution in [0.3, 0.4) is 0 Å². The van der Waals surface area contributed by atoms with E-state index in [-0.39, 0.29) is 0 Å². The molecule has 0 spiro atoms. The van der Waals surface area contributed by atoms with Gasteiger partial charge in [0.05, 0.1) is 5.69 Å². The van der Waals surface area contributed by atoms with E-state index in [1.807, 2.05) is 0 Å². The largest absolute Gasteiger partial charge is 0.375 e. The molecule has 0 unspecified atom stereocenters. The van der Waals surface area contributed by atoms with Gasteiger partial charge in [-0.25, -0.2) is 4.98 Å². The summed E-state index contributed by atoms with van der Waals surface area (Å²) >= 11 is 1.70. The van der Waals surface area contributed by atoms with Gasteiger partial charge >= 0.3 is 0 Å². The average Bonchev–Trinajstić information content (AvgIpc) is 2.64. The summed E-state index contributed by atoms with van der Waals surface area (Å²) < 4.78 is 0. The van der Waals surface area contributed by atoms with Gasteiger partial charge in [0, 0.05) is 10.9 Å². The van der Waals surface area contributed by atoms with Crippen LogP contribution in [0.4, 0.5) is 5.13 Å². The number of thiazole rings is 1. The van der Waals surface area contributed by atoms with Crippen LogP contribution in [0.25, 0.3) is 0 Å². The van der Waals surface area contributed by atoms with E-state index in [0.717, 1.165) is 23.5 Å². The van der Waals surface area contributed by atoms with Gasteiger partial charge in [-0.15, -0.1) is 11.3 Å². The normalized spacial score (nSPS) is 29.8. The highest BCUT2D eigenvalue weighted by Gasteiger charge is 2.36. The minimum atomic E-state index is 0.756. The smallest absolute Gasteiger partial charge is 0.180 e. The molecule has 88 valence electrons. The van der Waals surface area contributed by atoms with E-state index < -0.39 is 0 Å². The fourth-order valence-corrected chi connectivity index (χ4v) is 4.21. The Labute approximate surface area is 101 Å². The van der Waals surface area contributed by atoms with Crippen LogP contribution in [-0.2, 0) is 12.8 Å². The number of piperidine rings is 1. The predicted molar refractivity (Wildman–Crippen MR) is 67.7 cm³/mol. The summed E-state index contributed by atoms with van der Waals surface area (Å²) in [6.07, 6.45) is 5.06. The zero-order chi connectivity index (χ0) is 11.1. The molecule has 0 radical (unpaired) electrons. The van der Waals surface area contributed by atoms with Crippen molar-refractivity contribution in [3.63, 3.8) is 0 Å². The second-order valence-corrected chi connectivity index (χ2v) is 6.04. The van der Waals surface area contributed by atoms with Crippen LogP contribution >= 0.6 is 11.3 Å². The van der Waals surface area contributed by atoms with Crippen molar-refractivity contribution in [3.05, 3.63) is 10.6 Å². The molecule has 0 bridgehead atoms. The van der Waals surface area contributed by atoms with Gasteiger partial charge in [0.2, 0.25) is 0 Å². The van der Waals surface area contributed by atoms with Crippen molar-refractivity contribution >= 4 is 16.5 Å². The summed E-state index contributed by atoms with van der Waals surface area (Å²) in [7, 11) is 0. The van der Waals surface area contributed by atoms with Gasteiger partial charge in [0.15, 0.2) is 5.13 Å². The third-order valence-corrected chi connectivity index (χ3v) is 5.03. The Balaban J connectivity index is 1.88. The lowest BCUT2D eigenvalue weighted by Crippen LogP contribution is -2.48. The third-order valence-electron chi connectivity index (χ3n) is 4.08. The number of hydrogen-bond donors (Lipinski definition) is 1. The lowest BCUT2D eigenvalue weighted by Gasteiger charge is -2.43. The standard InChI is InChI=1S/C12H19N3S/c1-2-15-5-3-4-8-6-9-11(7-10(8)15)16-12(13)14-9/h8,10H,2-7H2,1H3,(H2,13,14)/t8-,10-/m1/s1. The third kappa shape index (κ3) is 1.64. The molecule has 3 rings (SSSR count). The van der Waals surface area contributed by atoms with Crippen molar-refractivity contribution in [1.82, 2.24) is 9.88 Å². The molecule has 0 amide bonds. The topological polar surface area (TPSA) is 42.2 Å². The number of likely N-dealkylation sites (N-methyl/N-ethyl adjacent to an activating group) is 1. The van der Waals surface area contributed by atoms with Gasteiger partial charge in [-0.2, -0.15) is 0 Å². The fourth-order valence-electron chi connectivity index (χ4n) is 3.30. The minimum Gasteiger partial charge on any atom is -0.375 e. The quantitative estimate of drug-likeness (QED) is 0.811. The maximum Gasteiger partial charge on any atom is 0.180 e. The Morgan fingerprint density at radius 1 is 1.50 bits per heavy atom. The molecule has 1 aliphatic carbocycles. The van der Waals surface area contributed by atoms with Gasteiger partial charge in [0.25, 0.3) is 0 Å². The van der Waals surface area contributed by atoms with Crippen molar-refractivity contribution in [2.75, 3.05) is 18.8 Å². The molecule has 2 aliphatic rings. The number of anilines is 1. The molecule has 4 heteroatoms. The van der Waals surface area contributed by atoms with E-state index in [1.165, 1.54) is 42.9 Å². The number of aromatic nitrogens is 1. The maximum absolute atomic E-state index is 5.81. The van der Waals surface area contributed by atoms with Crippen LogP contribution in [0, 0.1) is 5.92 Å². The first-order valence-corrected chi connectivity index (χ1v) is 7.07. The Morgan fingerprint density at radius 3 is 3.19 bits per heavy atom. The number of nitrogen functional groups attached to an aromatic ring is 1. The van der Waals surface area contributed by atoms with E-state index in [2.05, 4.69) is 16.8 Å². The van der Waals surface area contributed by atoms with Gasteiger partial charge < -0.3 is 10.6 Å². The zero-order valence-corrected chi connectivity index (χ0v) is 10.6. The van der Waals surface area contributed by atoms with E-state index in [9.17, 15) is 0 Å². The highest BCUT2D eigenvalue weighted by atomic mass is 32.1. The Bertz CT molecular complexity index is 388. The Kier molecular flexibility index (Phi) is 2.64. The number of fused-ring (bicyclic) bond motifs is 2. The maximum atomic E-state index is 5.81. The van der Waals surface area contributed by atoms with Crippen LogP contribution in [-0.4, -0.2) is 29.0 Å². The van der Waals surface area contributed by atoms with Crippen molar-refractivity contribution < 1.29 is 0 Å². The summed E-state index contributed by atoms with van der Waals surface area (Å²) in [6, 6.07) is 0.756. The zero-order valence-electron chi connectivity index (χ0n) is 9.78. The van der Waals surface area contributed by atoms with Crippen molar-refractivity contribution in [3.8, 4) is 0 Å². The number of hydrogen-bond acceptors (Lipinski definition) is 4. The fraction of sp³-hybridized carbons (Fsp3) is 0.750. The monoisotopic (exact) mass is 237 g/mol. The van der Waals surface area contributed by atoms with Gasteiger partial charge in [-0.1, -0.05) is 6.92 Å². The molecular formula is C12H19N3S. The number of nitrogens with zero attached hydrogens (tertiary/aromatic N) is 2. The molecule has 2 atom stereocenters. The molecule has 1 fully saturated rings. The van der Waals surface area contributed by atoms with Crippen LogP contribution in [0.2, 0.25) is 0 Å². The van der Waals surface area contributed by atoms with Gasteiger partial charge in [-0.3, -0.25) is 0 Å². The van der Waals surface area contributed by atoms with Crippen LogP contribution in [0.1, 0.15) is 30.3 Å². The van der Waals surface area contributed by atoms with Crippen molar-refractivity contribution in [2.45, 2.75) is 38.6 Å². The molecule has 16 heavy (non-hydrogen) atoms. The first-order valence-electron chi connectivity index (χ1n) is 6.26. The Morgan fingerprint density at radius 2 is 2.38 bits per heavy atom. The minimum absolute atomic E-state index is 0.756. The van der Waals surface area contributed by atoms with Crippen LogP contribution in [0.15, 0.2) is 0 Å². The lowest BCUT2D eigenvalue weighted by atomic mass is 9.79. The lowest BCUT2D eigenvalue weighted by molar-refractivity contribution is 0.0911. The number of rotatable bonds is 1. The average molecular weight is 237 g/mol. The van der Waals surface area contributed by atoms with Crippen LogP contribution in [0.5, 0.6) is 0 Å². The number of likely N-dealkylation sites (tertiary alicyclic amines) is 1. The van der Waals surface area contributed by atoms with E-state index in [1.54, 1.807) is 11.3 Å². The molecule has 1 aliphatic heterocycles. The second kappa shape index (κ2) is 4.00. The molecule has 0 aromatic carbocycles. The molecule has 2 heterocycles. The summed E-state index contributed by atoms with van der Waals surface area (Å²) in [5.41, 5.74) is 7.10. The van der Waals surface area contributed by atoms with E-state index in [0.29, 0.717) is 0 Å². The summed E-state index contributed by atoms with van der Waals surface area (Å²) in [4.78, 5) is 8.56. The van der Waals surface area contributed by atoms with E-state index >= 15 is 0 Å². The first-order chi connectivity index (χ1) is 7.78.